The Kier molecular flexibility index (Phi) is 44.1. The molecule has 2 saturated heterocycles. The van der Waals surface area contributed by atoms with E-state index in [1.54, 1.807) is 18.2 Å². The molecular weight excluding hydrogens is 2080 g/mol. The van der Waals surface area contributed by atoms with Gasteiger partial charge in [-0.2, -0.15) is 0 Å². The number of anilines is 1. The molecule has 10 atom stereocenters. The predicted octanol–water partition coefficient (Wildman–Crippen LogP) is -2.56. The van der Waals surface area contributed by atoms with Gasteiger partial charge in [-0.3, -0.25) is 4.79 Å². The summed E-state index contributed by atoms with van der Waals surface area (Å²) in [6.07, 6.45) is -15.4. The summed E-state index contributed by atoms with van der Waals surface area (Å²) in [6, 6.07) is 4.72. The van der Waals surface area contributed by atoms with Crippen molar-refractivity contribution in [3.8, 4) is 0 Å². The molecule has 3 rings (SSSR count). The third kappa shape index (κ3) is 17.8. The van der Waals surface area contributed by atoms with Gasteiger partial charge in [0.25, 0.3) is 0 Å². The van der Waals surface area contributed by atoms with Gasteiger partial charge in [0, 0.05) is 315 Å². The van der Waals surface area contributed by atoms with Gasteiger partial charge in [0.05, 0.1) is 30.5 Å². The Labute approximate surface area is 499 Å². The molecule has 2 fully saturated rings. The van der Waals surface area contributed by atoms with Crippen LogP contribution in [0.15, 0.2) is 18.2 Å². The number of hydrogen-bond acceptors (Lipinski definition) is 12. The van der Waals surface area contributed by atoms with E-state index in [4.69, 9.17) is 30.5 Å². The van der Waals surface area contributed by atoms with Crippen LogP contribution in [0.1, 0.15) is 12.5 Å². The number of nitrogens with one attached hydrogen (secondary N) is 1. The minimum atomic E-state index is -1.76. The van der Waals surface area contributed by atoms with E-state index in [9.17, 15) is 40.5 Å². The van der Waals surface area contributed by atoms with E-state index in [0.717, 1.165) is 0 Å². The number of ether oxygens (including phenoxy) is 4. The van der Waals surface area contributed by atoms with Crippen molar-refractivity contribution in [3.63, 3.8) is 0 Å². The number of halogens is 1. The first kappa shape index (κ1) is 59.9. The molecule has 21 heteroatoms. The van der Waals surface area contributed by atoms with Gasteiger partial charge in [-0.1, -0.05) is 17.7 Å². The summed E-state index contributed by atoms with van der Waals surface area (Å²) < 4.78 is 21.9. The molecule has 0 aromatic heterocycles. The van der Waals surface area contributed by atoms with Gasteiger partial charge < -0.3 is 60.0 Å². The van der Waals surface area contributed by atoms with E-state index in [1.807, 2.05) is 0 Å². The number of benzene rings is 1. The van der Waals surface area contributed by atoms with E-state index in [2.05, 4.69) is 5.32 Å². The van der Waals surface area contributed by atoms with Gasteiger partial charge in [-0.15, -0.1) is 0 Å². The fraction of sp³-hybridized carbons (Fsp3) is 0.667. The van der Waals surface area contributed by atoms with Crippen LogP contribution in [0.3, 0.4) is 0 Å². The van der Waals surface area contributed by atoms with E-state index in [1.165, 1.54) is 6.92 Å². The van der Waals surface area contributed by atoms with Crippen molar-refractivity contribution in [1.82, 2.24) is 0 Å². The molecule has 42 heavy (non-hydrogen) atoms. The molecule has 1 aromatic carbocycles. The van der Waals surface area contributed by atoms with Crippen LogP contribution in [0.5, 0.6) is 0 Å². The summed E-state index contributed by atoms with van der Waals surface area (Å²) in [5, 5.41) is 73.1. The molecule has 10 unspecified atom stereocenters. The second kappa shape index (κ2) is 30.9. The van der Waals surface area contributed by atoms with Crippen LogP contribution >= 0.6 is 11.6 Å². The van der Waals surface area contributed by atoms with Crippen molar-refractivity contribution >= 4 is 23.2 Å². The number of aliphatic hydroxyl groups excluding tert-OH is 7. The van der Waals surface area contributed by atoms with Gasteiger partial charge in [0.15, 0.2) is 12.6 Å². The van der Waals surface area contributed by atoms with Crippen LogP contribution < -0.4 is 5.32 Å². The van der Waals surface area contributed by atoms with Crippen molar-refractivity contribution < 1.29 is 368 Å². The molecule has 2 aliphatic heterocycles. The maximum absolute atomic E-state index is 11.3. The zero-order valence-electron chi connectivity index (χ0n) is 22.7. The number of hydrogen-bond donors (Lipinski definition) is 8. The quantitative estimate of drug-likeness (QED) is 0.136. The maximum Gasteiger partial charge on any atom is 0.221 e. The Bertz CT molecular complexity index is 885. The van der Waals surface area contributed by atoms with Crippen molar-refractivity contribution in [2.24, 2.45) is 0 Å². The SMILES string of the molecule is CC(=O)Nc1cc(COC2OC(CO)C(OC3OC(CO)C(O)C(O)C3O)C(O)C2O)ccc1Cl.[Ac].[Ac].[Ac].[Ac].[Ac].[Ac].[Ac]. The second-order valence-electron chi connectivity index (χ2n) is 8.31. The van der Waals surface area contributed by atoms with Gasteiger partial charge in [0.2, 0.25) is 5.91 Å². The Balaban J connectivity index is -0.000000652. The largest absolute Gasteiger partial charge is 0.394 e. The van der Waals surface area contributed by atoms with Gasteiger partial charge in [-0.05, 0) is 17.7 Å². The molecule has 7 radical (unpaired) electrons. The van der Waals surface area contributed by atoms with Crippen molar-refractivity contribution in [1.29, 1.82) is 0 Å². The topological polar surface area (TPSA) is 208 Å². The minimum Gasteiger partial charge on any atom is -0.394 e. The molecule has 2 heterocycles. The average molecular weight is 2110 g/mol. The fourth-order valence-corrected chi connectivity index (χ4v) is 3.98. The Morgan fingerprint density at radius 1 is 0.810 bits per heavy atom. The van der Waals surface area contributed by atoms with Crippen molar-refractivity contribution in [3.05, 3.63) is 28.8 Å². The molecule has 0 bridgehead atoms. The number of aliphatic hydroxyl groups is 7. The zero-order chi connectivity index (χ0) is 25.9. The molecule has 0 aliphatic carbocycles. The predicted molar refractivity (Wildman–Crippen MR) is 117 cm³/mol. The Morgan fingerprint density at radius 3 is 1.86 bits per heavy atom. The maximum atomic E-state index is 11.3. The van der Waals surface area contributed by atoms with Crippen LogP contribution in [0.25, 0.3) is 0 Å². The molecule has 8 N–H and O–H groups in total. The van der Waals surface area contributed by atoms with Crippen LogP contribution in [-0.4, -0.2) is 116 Å². The van der Waals surface area contributed by atoms with E-state index in [0.29, 0.717) is 16.3 Å². The fourth-order valence-electron chi connectivity index (χ4n) is 3.82. The number of carbonyl (C=O) groups excluding carboxylic acids is 1. The van der Waals surface area contributed by atoms with Crippen LogP contribution in [0.2, 0.25) is 5.02 Å². The molecule has 13 nitrogen and oxygen atoms in total. The summed E-state index contributed by atoms with van der Waals surface area (Å²) in [4.78, 5) is 11.3. The van der Waals surface area contributed by atoms with Crippen LogP contribution in [-0.2, 0) is 30.3 Å². The molecule has 0 spiro atoms. The monoisotopic (exact) mass is 2110 g/mol. The van der Waals surface area contributed by atoms with Crippen LogP contribution in [0.4, 0.5) is 5.69 Å². The normalized spacial score (nSPS) is 31.5. The van der Waals surface area contributed by atoms with E-state index >= 15 is 0 Å². The Morgan fingerprint density at radius 2 is 1.33 bits per heavy atom. The summed E-state index contributed by atoms with van der Waals surface area (Å²) in [6.45, 7) is -0.163. The molecule has 2 aliphatic rings. The molecule has 219 valence electrons. The first-order valence-electron chi connectivity index (χ1n) is 10.8. The van der Waals surface area contributed by atoms with Gasteiger partial charge in [0.1, 0.15) is 48.8 Å². The molecular formula is C21H30Ac7ClNO12. The average Bonchev–Trinajstić information content (AvgIpc) is 2.83. The van der Waals surface area contributed by atoms with Gasteiger partial charge >= 0.3 is 0 Å². The first-order valence-corrected chi connectivity index (χ1v) is 11.2. The minimum absolute atomic E-state index is 0. The summed E-state index contributed by atoms with van der Waals surface area (Å²) in [5.41, 5.74) is 0.912. The van der Waals surface area contributed by atoms with Crippen molar-refractivity contribution in [2.45, 2.75) is 74.9 Å². The summed E-state index contributed by atoms with van der Waals surface area (Å²) in [5.74, 6) is -0.324. The number of carbonyl (C=O) groups is 1. The number of rotatable bonds is 8. The summed E-state index contributed by atoms with van der Waals surface area (Å²) >= 11 is 6.04. The second-order valence-corrected chi connectivity index (χ2v) is 8.72. The first-order chi connectivity index (χ1) is 16.6. The standard InChI is InChI=1S/C21H30ClNO12.7Ac/c1-8(26)23-11-4-9(2-3-10(11)22)7-32-20-18(31)16(29)19(13(6-25)34-20)35-21-17(30)15(28)14(27)12(5-24)33-21;;;;;;;/h2-4,12-21,24-25,27-31H,5-7H2,1H3,(H,23,26);;;;;;;. The molecule has 1 amide bonds. The van der Waals surface area contributed by atoms with Crippen LogP contribution in [0, 0.1) is 308 Å². The zero-order valence-corrected chi connectivity index (χ0v) is 56.7. The van der Waals surface area contributed by atoms with E-state index in [-0.39, 0.29) is 321 Å². The van der Waals surface area contributed by atoms with E-state index < -0.39 is 74.6 Å². The van der Waals surface area contributed by atoms with Gasteiger partial charge in [-0.25, -0.2) is 0 Å². The smallest absolute Gasteiger partial charge is 0.221 e. The summed E-state index contributed by atoms with van der Waals surface area (Å²) in [7, 11) is 0. The van der Waals surface area contributed by atoms with Crippen molar-refractivity contribution in [2.75, 3.05) is 18.5 Å². The molecule has 1 aromatic rings. The molecule has 0 saturated carbocycles. The third-order valence-electron chi connectivity index (χ3n) is 5.72. The Hall–Kier alpha value is 8.63. The third-order valence-corrected chi connectivity index (χ3v) is 6.05. The number of amides is 1.